The lowest BCUT2D eigenvalue weighted by Gasteiger charge is -2.20. The highest BCUT2D eigenvalue weighted by Gasteiger charge is 2.30. The molecule has 1 amide bonds. The monoisotopic (exact) mass is 273 g/mol. The molecule has 0 N–H and O–H groups in total. The number of benzene rings is 1. The molecule has 0 spiro atoms. The molecule has 92 valence electrons. The summed E-state index contributed by atoms with van der Waals surface area (Å²) in [6.45, 7) is 3.39. The van der Waals surface area contributed by atoms with E-state index in [2.05, 4.69) is 0 Å². The van der Waals surface area contributed by atoms with Crippen molar-refractivity contribution in [2.24, 2.45) is 0 Å². The van der Waals surface area contributed by atoms with Gasteiger partial charge >= 0.3 is 0 Å². The maximum absolute atomic E-state index is 11.5. The molecule has 6 heteroatoms. The summed E-state index contributed by atoms with van der Waals surface area (Å²) in [6, 6.07) is 4.69. The summed E-state index contributed by atoms with van der Waals surface area (Å²) < 4.78 is 22.5. The van der Waals surface area contributed by atoms with Gasteiger partial charge in [0, 0.05) is 29.3 Å². The van der Waals surface area contributed by atoms with Crippen molar-refractivity contribution >= 4 is 31.3 Å². The van der Waals surface area contributed by atoms with Crippen molar-refractivity contribution < 1.29 is 13.2 Å². The number of fused-ring (bicyclic) bond motifs is 1. The van der Waals surface area contributed by atoms with Gasteiger partial charge in [-0.15, -0.1) is 0 Å². The van der Waals surface area contributed by atoms with Crippen LogP contribution in [0.4, 0.5) is 5.69 Å². The molecule has 0 saturated carbocycles. The molecular formula is C11H12ClNO3S. The van der Waals surface area contributed by atoms with Crippen LogP contribution in [0, 0.1) is 0 Å². The number of carbonyl (C=O) groups is 1. The summed E-state index contributed by atoms with van der Waals surface area (Å²) in [6.07, 6.45) is 0.734. The number of halogens is 1. The molecule has 0 bridgehead atoms. The molecule has 0 aliphatic carbocycles. The number of anilines is 1. The van der Waals surface area contributed by atoms with Crippen LogP contribution in [-0.4, -0.2) is 20.4 Å². The van der Waals surface area contributed by atoms with Crippen LogP contribution < -0.4 is 4.90 Å². The van der Waals surface area contributed by atoms with Crippen LogP contribution in [0.25, 0.3) is 0 Å². The lowest BCUT2D eigenvalue weighted by Crippen LogP contribution is -2.33. The minimum Gasteiger partial charge on any atom is -0.309 e. The fraction of sp³-hybridized carbons (Fsp3) is 0.364. The minimum absolute atomic E-state index is 0.0262. The summed E-state index contributed by atoms with van der Waals surface area (Å²) in [7, 11) is 1.54. The second-order valence-electron chi connectivity index (χ2n) is 4.17. The van der Waals surface area contributed by atoms with Crippen LogP contribution in [0.3, 0.4) is 0 Å². The number of hydrogen-bond donors (Lipinski definition) is 0. The first-order chi connectivity index (χ1) is 7.80. The summed E-state index contributed by atoms with van der Waals surface area (Å²) >= 11 is 0. The Hall–Kier alpha value is -1.07. The number of rotatable bonds is 1. The third kappa shape index (κ3) is 2.17. The van der Waals surface area contributed by atoms with E-state index in [1.165, 1.54) is 19.1 Å². The van der Waals surface area contributed by atoms with Crippen molar-refractivity contribution in [3.63, 3.8) is 0 Å². The van der Waals surface area contributed by atoms with E-state index >= 15 is 0 Å². The zero-order chi connectivity index (χ0) is 12.8. The number of carbonyl (C=O) groups excluding carboxylic acids is 1. The van der Waals surface area contributed by atoms with Crippen molar-refractivity contribution in [2.45, 2.75) is 31.2 Å². The first kappa shape index (κ1) is 12.4. The fourth-order valence-corrected chi connectivity index (χ4v) is 2.99. The van der Waals surface area contributed by atoms with Crippen LogP contribution in [0.2, 0.25) is 0 Å². The summed E-state index contributed by atoms with van der Waals surface area (Å²) in [5, 5.41) is 0. The van der Waals surface area contributed by atoms with Crippen LogP contribution in [0.15, 0.2) is 23.1 Å². The largest absolute Gasteiger partial charge is 0.309 e. The average Bonchev–Trinajstić information content (AvgIpc) is 2.50. The van der Waals surface area contributed by atoms with Crippen LogP contribution >= 0.6 is 10.7 Å². The molecule has 1 aromatic carbocycles. The topological polar surface area (TPSA) is 54.5 Å². The van der Waals surface area contributed by atoms with Crippen LogP contribution in [0.5, 0.6) is 0 Å². The molecule has 0 saturated heterocycles. The maximum Gasteiger partial charge on any atom is 0.261 e. The molecule has 1 heterocycles. The van der Waals surface area contributed by atoms with Crippen molar-refractivity contribution in [3.05, 3.63) is 23.8 Å². The first-order valence-corrected chi connectivity index (χ1v) is 7.49. The molecule has 1 atom stereocenters. The van der Waals surface area contributed by atoms with E-state index in [1.807, 2.05) is 6.92 Å². The van der Waals surface area contributed by atoms with E-state index in [0.29, 0.717) is 5.69 Å². The molecule has 1 aliphatic rings. The predicted octanol–water partition coefficient (Wildman–Crippen LogP) is 1.91. The van der Waals surface area contributed by atoms with E-state index in [-0.39, 0.29) is 16.8 Å². The highest BCUT2D eigenvalue weighted by Crippen LogP contribution is 2.34. The minimum atomic E-state index is -3.76. The molecule has 1 aromatic rings. The van der Waals surface area contributed by atoms with Gasteiger partial charge in [-0.05, 0) is 31.0 Å². The zero-order valence-electron chi connectivity index (χ0n) is 9.47. The van der Waals surface area contributed by atoms with Gasteiger partial charge in [0.1, 0.15) is 0 Å². The molecular weight excluding hydrogens is 262 g/mol. The Labute approximate surface area is 105 Å². The smallest absolute Gasteiger partial charge is 0.261 e. The number of hydrogen-bond acceptors (Lipinski definition) is 3. The quantitative estimate of drug-likeness (QED) is 0.735. The Bertz CT molecular complexity index is 582. The zero-order valence-corrected chi connectivity index (χ0v) is 11.0. The van der Waals surface area contributed by atoms with Crippen molar-refractivity contribution in [1.82, 2.24) is 0 Å². The van der Waals surface area contributed by atoms with Crippen molar-refractivity contribution in [2.75, 3.05) is 4.90 Å². The predicted molar refractivity (Wildman–Crippen MR) is 65.8 cm³/mol. The van der Waals surface area contributed by atoms with Crippen LogP contribution in [0.1, 0.15) is 19.4 Å². The standard InChI is InChI=1S/C11H12ClNO3S/c1-7-5-9-3-4-10(17(12,15)16)6-11(9)13(7)8(2)14/h3-4,6-7H,5H2,1-2H3. The van der Waals surface area contributed by atoms with Gasteiger partial charge in [-0.2, -0.15) is 0 Å². The summed E-state index contributed by atoms with van der Waals surface area (Å²) in [4.78, 5) is 13.1. The van der Waals surface area contributed by atoms with Gasteiger partial charge in [0.25, 0.3) is 9.05 Å². The van der Waals surface area contributed by atoms with E-state index in [4.69, 9.17) is 10.7 Å². The highest BCUT2D eigenvalue weighted by molar-refractivity contribution is 8.13. The van der Waals surface area contributed by atoms with Gasteiger partial charge in [-0.3, -0.25) is 4.79 Å². The molecule has 0 fully saturated rings. The molecule has 2 rings (SSSR count). The lowest BCUT2D eigenvalue weighted by molar-refractivity contribution is -0.116. The van der Waals surface area contributed by atoms with Crippen molar-refractivity contribution in [1.29, 1.82) is 0 Å². The van der Waals surface area contributed by atoms with E-state index in [9.17, 15) is 13.2 Å². The van der Waals surface area contributed by atoms with E-state index < -0.39 is 9.05 Å². The van der Waals surface area contributed by atoms with Gasteiger partial charge in [0.15, 0.2) is 0 Å². The van der Waals surface area contributed by atoms with Gasteiger partial charge in [-0.1, -0.05) is 6.07 Å². The molecule has 4 nitrogen and oxygen atoms in total. The Morgan fingerprint density at radius 2 is 2.12 bits per heavy atom. The van der Waals surface area contributed by atoms with Crippen molar-refractivity contribution in [3.8, 4) is 0 Å². The second kappa shape index (κ2) is 3.99. The molecule has 0 aromatic heterocycles. The molecule has 17 heavy (non-hydrogen) atoms. The molecule has 1 unspecified atom stereocenters. The Kier molecular flexibility index (Phi) is 2.91. The van der Waals surface area contributed by atoms with Gasteiger partial charge < -0.3 is 4.90 Å². The van der Waals surface area contributed by atoms with Gasteiger partial charge in [0.2, 0.25) is 5.91 Å². The first-order valence-electron chi connectivity index (χ1n) is 5.18. The second-order valence-corrected chi connectivity index (χ2v) is 6.74. The average molecular weight is 274 g/mol. The third-order valence-electron chi connectivity index (χ3n) is 2.89. The molecule has 1 aliphatic heterocycles. The fourth-order valence-electron chi connectivity index (χ4n) is 2.22. The van der Waals surface area contributed by atoms with Crippen LogP contribution in [-0.2, 0) is 20.3 Å². The summed E-state index contributed by atoms with van der Waals surface area (Å²) in [5.41, 5.74) is 1.61. The Morgan fingerprint density at radius 3 is 2.65 bits per heavy atom. The van der Waals surface area contributed by atoms with E-state index in [0.717, 1.165) is 12.0 Å². The number of nitrogens with zero attached hydrogens (tertiary/aromatic N) is 1. The highest BCUT2D eigenvalue weighted by atomic mass is 35.7. The maximum atomic E-state index is 11.5. The van der Waals surface area contributed by atoms with Gasteiger partial charge in [-0.25, -0.2) is 8.42 Å². The van der Waals surface area contributed by atoms with E-state index in [1.54, 1.807) is 11.0 Å². The van der Waals surface area contributed by atoms with Gasteiger partial charge in [0.05, 0.1) is 4.90 Å². The molecule has 0 radical (unpaired) electrons. The normalized spacial score (nSPS) is 19.2. The Balaban J connectivity index is 2.57. The third-order valence-corrected chi connectivity index (χ3v) is 4.24. The number of amides is 1. The lowest BCUT2D eigenvalue weighted by atomic mass is 10.1. The Morgan fingerprint density at radius 1 is 1.47 bits per heavy atom. The SMILES string of the molecule is CC(=O)N1c2cc(S(=O)(=O)Cl)ccc2CC1C. The summed E-state index contributed by atoms with van der Waals surface area (Å²) in [5.74, 6) is -0.0969.